The molecule has 4 aromatic carbocycles. The van der Waals surface area contributed by atoms with Crippen molar-refractivity contribution in [3.63, 3.8) is 0 Å². The Morgan fingerprint density at radius 3 is 2.27 bits per heavy atom. The van der Waals surface area contributed by atoms with Crippen LogP contribution in [0.4, 0.5) is 4.39 Å². The van der Waals surface area contributed by atoms with Gasteiger partial charge in [0, 0.05) is 5.56 Å². The number of rotatable bonds is 8. The van der Waals surface area contributed by atoms with Crippen molar-refractivity contribution in [1.82, 2.24) is 4.57 Å². The number of nitrogens with zero attached hydrogens (tertiary/aromatic N) is 2. The van der Waals surface area contributed by atoms with Crippen LogP contribution in [-0.2, 0) is 16.1 Å². The molecule has 1 aliphatic rings. The van der Waals surface area contributed by atoms with Crippen LogP contribution in [0, 0.1) is 13.0 Å². The molecule has 0 aliphatic carbocycles. The summed E-state index contributed by atoms with van der Waals surface area (Å²) in [6.45, 7) is 2.32. The highest BCUT2D eigenvalue weighted by atomic mass is 127. The molecule has 0 saturated carbocycles. The fourth-order valence-electron chi connectivity index (χ4n) is 5.08. The molecular weight excluding hydrogens is 817 g/mol. The summed E-state index contributed by atoms with van der Waals surface area (Å²) in [6, 6.07) is 28.2. The average Bonchev–Trinajstić information content (AvgIpc) is 3.35. The molecule has 10 heteroatoms. The van der Waals surface area contributed by atoms with Crippen LogP contribution >= 0.6 is 56.5 Å². The first kappa shape index (κ1) is 31.4. The first-order valence-electron chi connectivity index (χ1n) is 14.0. The number of ether oxygens (including phenoxy) is 2. The Kier molecular flexibility index (Phi) is 9.61. The Balaban J connectivity index is 1.49. The summed E-state index contributed by atoms with van der Waals surface area (Å²) in [5.41, 5.74) is 3.50. The van der Waals surface area contributed by atoms with Crippen molar-refractivity contribution in [2.75, 3.05) is 6.61 Å². The molecule has 1 atom stereocenters. The number of halogens is 3. The van der Waals surface area contributed by atoms with Crippen molar-refractivity contribution >= 4 is 74.3 Å². The lowest BCUT2D eigenvalue weighted by molar-refractivity contribution is -0.138. The second kappa shape index (κ2) is 13.8. The van der Waals surface area contributed by atoms with Gasteiger partial charge in [-0.15, -0.1) is 0 Å². The monoisotopic (exact) mass is 842 g/mol. The van der Waals surface area contributed by atoms with E-state index in [1.165, 1.54) is 28.0 Å². The van der Waals surface area contributed by atoms with Crippen molar-refractivity contribution in [3.8, 4) is 5.75 Å². The largest absolute Gasteiger partial charge is 0.487 e. The quantitative estimate of drug-likeness (QED) is 0.127. The Morgan fingerprint density at radius 1 is 0.978 bits per heavy atom. The van der Waals surface area contributed by atoms with Crippen molar-refractivity contribution in [3.05, 3.63) is 158 Å². The van der Waals surface area contributed by atoms with Crippen LogP contribution in [-0.4, -0.2) is 17.1 Å². The highest BCUT2D eigenvalue weighted by molar-refractivity contribution is 14.1. The third-order valence-electron chi connectivity index (χ3n) is 7.10. The Bertz CT molecular complexity index is 2070. The van der Waals surface area contributed by atoms with Gasteiger partial charge in [0.2, 0.25) is 0 Å². The van der Waals surface area contributed by atoms with Gasteiger partial charge in [-0.05, 0) is 99.1 Å². The number of carbonyl (C=O) groups excluding carboxylic acids is 1. The number of aromatic nitrogens is 1. The van der Waals surface area contributed by atoms with Crippen LogP contribution in [0.1, 0.15) is 35.2 Å². The molecule has 45 heavy (non-hydrogen) atoms. The van der Waals surface area contributed by atoms with Crippen molar-refractivity contribution in [2.24, 2.45) is 4.99 Å². The van der Waals surface area contributed by atoms with Gasteiger partial charge >= 0.3 is 5.97 Å². The number of fused-ring (bicyclic) bond motifs is 1. The molecule has 0 unspecified atom stereocenters. The van der Waals surface area contributed by atoms with Crippen molar-refractivity contribution in [1.29, 1.82) is 0 Å². The molecule has 0 saturated heterocycles. The lowest BCUT2D eigenvalue weighted by Crippen LogP contribution is -2.40. The van der Waals surface area contributed by atoms with E-state index in [2.05, 4.69) is 45.2 Å². The summed E-state index contributed by atoms with van der Waals surface area (Å²) in [4.78, 5) is 33.0. The number of hydrogen-bond donors (Lipinski definition) is 0. The predicted molar refractivity (Wildman–Crippen MR) is 190 cm³/mol. The van der Waals surface area contributed by atoms with Crippen LogP contribution < -0.4 is 19.6 Å². The van der Waals surface area contributed by atoms with Gasteiger partial charge in [-0.25, -0.2) is 14.2 Å². The van der Waals surface area contributed by atoms with Gasteiger partial charge in [0.25, 0.3) is 5.56 Å². The van der Waals surface area contributed by atoms with Crippen LogP contribution in [0.5, 0.6) is 5.75 Å². The molecule has 0 spiro atoms. The van der Waals surface area contributed by atoms with Gasteiger partial charge in [0.15, 0.2) is 4.80 Å². The lowest BCUT2D eigenvalue weighted by Gasteiger charge is -2.25. The van der Waals surface area contributed by atoms with Crippen molar-refractivity contribution in [2.45, 2.75) is 19.6 Å². The maximum Gasteiger partial charge on any atom is 0.338 e. The Morgan fingerprint density at radius 2 is 1.62 bits per heavy atom. The summed E-state index contributed by atoms with van der Waals surface area (Å²) in [6.07, 6.45) is 1.83. The number of thiazole rings is 1. The Hall–Kier alpha value is -3.62. The minimum atomic E-state index is -0.868. The molecule has 5 aromatic rings. The van der Waals surface area contributed by atoms with Gasteiger partial charge in [-0.3, -0.25) is 9.36 Å². The summed E-state index contributed by atoms with van der Waals surface area (Å²) < 4.78 is 29.4. The van der Waals surface area contributed by atoms with E-state index in [9.17, 15) is 14.0 Å². The number of hydrogen-bond acceptors (Lipinski definition) is 6. The standard InChI is InChI=1S/C35H25FI2N2O4S/c1-2-43-34(42)29-30(23-11-7-4-8-12-23)39-35-40(31(29)24-13-15-25(36)16-14-24)33(41)28(45-35)19-22-17-26(37)32(27(38)18-22)44-20-21-9-5-3-6-10-21/h3-19,31H,2,20H2,1H3/b28-19-/t31-/m1/s1. The zero-order valence-electron chi connectivity index (χ0n) is 23.9. The molecule has 226 valence electrons. The SMILES string of the molecule is CCOC(=O)C1=C(c2ccccc2)N=c2s/c(=C\c3cc(I)c(OCc4ccccc4)c(I)c3)c(=O)n2[C@@H]1c1ccc(F)cc1. The maximum absolute atomic E-state index is 14.1. The lowest BCUT2D eigenvalue weighted by atomic mass is 9.93. The third kappa shape index (κ3) is 6.68. The minimum absolute atomic E-state index is 0.146. The zero-order chi connectivity index (χ0) is 31.5. The number of benzene rings is 4. The molecule has 6 nitrogen and oxygen atoms in total. The highest BCUT2D eigenvalue weighted by Crippen LogP contribution is 2.35. The fraction of sp³-hybridized carbons (Fsp3) is 0.114. The van der Waals surface area contributed by atoms with Crippen LogP contribution in [0.15, 0.2) is 112 Å². The second-order valence-corrected chi connectivity index (χ2v) is 13.4. The summed E-state index contributed by atoms with van der Waals surface area (Å²) in [7, 11) is 0. The van der Waals surface area contributed by atoms with Crippen LogP contribution in [0.2, 0.25) is 0 Å². The van der Waals surface area contributed by atoms with E-state index in [0.29, 0.717) is 32.8 Å². The zero-order valence-corrected chi connectivity index (χ0v) is 29.0. The fourth-order valence-corrected chi connectivity index (χ4v) is 8.21. The van der Waals surface area contributed by atoms with E-state index < -0.39 is 17.8 Å². The van der Waals surface area contributed by atoms with Gasteiger partial charge in [-0.2, -0.15) is 0 Å². The van der Waals surface area contributed by atoms with E-state index in [0.717, 1.165) is 24.0 Å². The Labute approximate surface area is 289 Å². The van der Waals surface area contributed by atoms with E-state index in [-0.39, 0.29) is 17.7 Å². The van der Waals surface area contributed by atoms with Gasteiger partial charge in [-0.1, -0.05) is 84.1 Å². The number of carbonyl (C=O) groups is 1. The van der Waals surface area contributed by atoms with E-state index >= 15 is 0 Å². The topological polar surface area (TPSA) is 69.9 Å². The van der Waals surface area contributed by atoms with Crippen LogP contribution in [0.3, 0.4) is 0 Å². The maximum atomic E-state index is 14.1. The smallest absolute Gasteiger partial charge is 0.338 e. The van der Waals surface area contributed by atoms with Gasteiger partial charge in [0.05, 0.1) is 35.6 Å². The molecule has 0 fully saturated rings. The number of esters is 1. The molecule has 0 bridgehead atoms. The van der Waals surface area contributed by atoms with Crippen LogP contribution in [0.25, 0.3) is 11.8 Å². The molecule has 0 amide bonds. The van der Waals surface area contributed by atoms with Gasteiger partial charge in [0.1, 0.15) is 18.2 Å². The molecule has 2 heterocycles. The normalized spacial score (nSPS) is 14.6. The third-order valence-corrected chi connectivity index (χ3v) is 9.69. The first-order valence-corrected chi connectivity index (χ1v) is 17.0. The molecule has 1 aliphatic heterocycles. The van der Waals surface area contributed by atoms with Gasteiger partial charge < -0.3 is 9.47 Å². The van der Waals surface area contributed by atoms with E-state index in [1.54, 1.807) is 19.1 Å². The summed E-state index contributed by atoms with van der Waals surface area (Å²) in [5, 5.41) is 0. The predicted octanol–water partition coefficient (Wildman–Crippen LogP) is 6.86. The van der Waals surface area contributed by atoms with Crippen molar-refractivity contribution < 1.29 is 18.7 Å². The van der Waals surface area contributed by atoms with E-state index in [1.807, 2.05) is 78.9 Å². The average molecular weight is 842 g/mol. The molecular formula is C35H25FI2N2O4S. The molecule has 0 N–H and O–H groups in total. The molecule has 1 aromatic heterocycles. The highest BCUT2D eigenvalue weighted by Gasteiger charge is 2.35. The molecule has 6 rings (SSSR count). The minimum Gasteiger partial charge on any atom is -0.487 e. The summed E-state index contributed by atoms with van der Waals surface area (Å²) >= 11 is 5.73. The second-order valence-electron chi connectivity index (χ2n) is 10.1. The first-order chi connectivity index (χ1) is 21.8. The summed E-state index contributed by atoms with van der Waals surface area (Å²) in [5.74, 6) is -0.225. The molecule has 0 radical (unpaired) electrons. The van der Waals surface area contributed by atoms with E-state index in [4.69, 9.17) is 14.5 Å².